The summed E-state index contributed by atoms with van der Waals surface area (Å²) in [7, 11) is 0.878. The average molecular weight is 228 g/mol. The predicted octanol–water partition coefficient (Wildman–Crippen LogP) is 1.05. The molecule has 0 aliphatic heterocycles. The van der Waals surface area contributed by atoms with Gasteiger partial charge in [0.2, 0.25) is 0 Å². The number of esters is 2. The van der Waals surface area contributed by atoms with E-state index >= 15 is 0 Å². The number of thioether (sulfide) groups is 1. The zero-order valence-electron chi connectivity index (χ0n) is 7.71. The maximum absolute atomic E-state index is 12.7. The van der Waals surface area contributed by atoms with E-state index in [1.54, 1.807) is 0 Å². The number of carbonyl (C=O) groups is 2. The maximum atomic E-state index is 12.7. The zero-order valence-corrected chi connectivity index (χ0v) is 8.53. The fourth-order valence-corrected chi connectivity index (χ4v) is 1.16. The van der Waals surface area contributed by atoms with Crippen LogP contribution < -0.4 is 0 Å². The molecule has 0 radical (unpaired) electrons. The van der Waals surface area contributed by atoms with Crippen LogP contribution in [0, 0.1) is 0 Å². The number of methoxy groups -OCH3 is 1. The highest BCUT2D eigenvalue weighted by Crippen LogP contribution is 2.29. The van der Waals surface area contributed by atoms with Gasteiger partial charge in [0.1, 0.15) is 6.61 Å². The highest BCUT2D eigenvalue weighted by Gasteiger charge is 2.40. The third-order valence-corrected chi connectivity index (χ3v) is 2.00. The predicted molar refractivity (Wildman–Crippen MR) is 46.1 cm³/mol. The van der Waals surface area contributed by atoms with Crippen molar-refractivity contribution < 1.29 is 27.8 Å². The molecule has 0 bridgehead atoms. The Morgan fingerprint density at radius 1 is 1.43 bits per heavy atom. The molecule has 0 unspecified atom stereocenters. The van der Waals surface area contributed by atoms with Gasteiger partial charge in [-0.2, -0.15) is 8.78 Å². The minimum atomic E-state index is -3.59. The number of alkyl halides is 2. The fourth-order valence-electron chi connectivity index (χ4n) is 0.533. The van der Waals surface area contributed by atoms with Crippen LogP contribution in [-0.2, 0) is 19.1 Å². The van der Waals surface area contributed by atoms with E-state index in [0.717, 1.165) is 7.11 Å². The Morgan fingerprint density at radius 3 is 2.43 bits per heavy atom. The molecule has 0 N–H and O–H groups in total. The standard InChI is InChI=1S/C7H10F2O4S/c1-5(10)13-3-4-14-7(8,9)6(11)12-2/h3-4H2,1-2H3. The van der Waals surface area contributed by atoms with E-state index in [4.69, 9.17) is 0 Å². The van der Waals surface area contributed by atoms with Gasteiger partial charge in [-0.25, -0.2) is 4.79 Å². The summed E-state index contributed by atoms with van der Waals surface area (Å²) in [4.78, 5) is 20.7. The molecule has 7 heteroatoms. The van der Waals surface area contributed by atoms with E-state index in [9.17, 15) is 18.4 Å². The summed E-state index contributed by atoms with van der Waals surface area (Å²) < 4.78 is 33.7. The first-order valence-corrected chi connectivity index (χ1v) is 4.62. The van der Waals surface area contributed by atoms with Gasteiger partial charge in [-0.1, -0.05) is 11.8 Å². The summed E-state index contributed by atoms with van der Waals surface area (Å²) in [6.07, 6.45) is 0. The third kappa shape index (κ3) is 5.00. The first-order valence-electron chi connectivity index (χ1n) is 3.63. The van der Waals surface area contributed by atoms with Crippen molar-refractivity contribution in [1.29, 1.82) is 0 Å². The van der Waals surface area contributed by atoms with Crippen LogP contribution in [0.4, 0.5) is 8.78 Å². The average Bonchev–Trinajstić information content (AvgIpc) is 2.10. The molecule has 0 aliphatic rings. The molecule has 4 nitrogen and oxygen atoms in total. The molecule has 14 heavy (non-hydrogen) atoms. The molecule has 0 saturated heterocycles. The Labute approximate surface area is 83.9 Å². The van der Waals surface area contributed by atoms with Crippen LogP contribution in [0.1, 0.15) is 6.92 Å². The number of carbonyl (C=O) groups excluding carboxylic acids is 2. The van der Waals surface area contributed by atoms with Crippen LogP contribution in [-0.4, -0.2) is 36.7 Å². The van der Waals surface area contributed by atoms with Gasteiger partial charge in [-0.3, -0.25) is 4.79 Å². The second kappa shape index (κ2) is 5.79. The molecule has 0 amide bonds. The van der Waals surface area contributed by atoms with Gasteiger partial charge in [0, 0.05) is 12.7 Å². The third-order valence-electron chi connectivity index (χ3n) is 1.10. The summed E-state index contributed by atoms with van der Waals surface area (Å²) in [5.41, 5.74) is 0. The van der Waals surface area contributed by atoms with Crippen molar-refractivity contribution in [2.75, 3.05) is 19.5 Å². The van der Waals surface area contributed by atoms with Gasteiger partial charge in [-0.15, -0.1) is 0 Å². The number of hydrogen-bond donors (Lipinski definition) is 0. The molecular weight excluding hydrogens is 218 g/mol. The Balaban J connectivity index is 3.76. The molecule has 0 aromatic carbocycles. The molecule has 0 aromatic rings. The lowest BCUT2D eigenvalue weighted by Gasteiger charge is -2.12. The van der Waals surface area contributed by atoms with Crippen molar-refractivity contribution in [2.24, 2.45) is 0 Å². The molecule has 0 rings (SSSR count). The van der Waals surface area contributed by atoms with Crippen molar-refractivity contribution in [3.05, 3.63) is 0 Å². The van der Waals surface area contributed by atoms with E-state index in [1.807, 2.05) is 0 Å². The second-order valence-electron chi connectivity index (χ2n) is 2.20. The monoisotopic (exact) mass is 228 g/mol. The molecular formula is C7H10F2O4S. The van der Waals surface area contributed by atoms with Gasteiger partial charge in [0.05, 0.1) is 7.11 Å². The van der Waals surface area contributed by atoms with E-state index in [2.05, 4.69) is 9.47 Å². The summed E-state index contributed by atoms with van der Waals surface area (Å²) in [6.45, 7) is 1.01. The van der Waals surface area contributed by atoms with Gasteiger partial charge in [0.15, 0.2) is 0 Å². The van der Waals surface area contributed by atoms with Gasteiger partial charge in [-0.05, 0) is 0 Å². The van der Waals surface area contributed by atoms with Crippen molar-refractivity contribution in [3.63, 3.8) is 0 Å². The Hall–Kier alpha value is -0.850. The molecule has 0 aromatic heterocycles. The van der Waals surface area contributed by atoms with E-state index in [-0.39, 0.29) is 24.1 Å². The molecule has 0 saturated carbocycles. The highest BCUT2D eigenvalue weighted by atomic mass is 32.2. The summed E-state index contributed by atoms with van der Waals surface area (Å²) >= 11 is 0.0683. The normalized spacial score (nSPS) is 10.9. The number of halogens is 2. The summed E-state index contributed by atoms with van der Waals surface area (Å²) in [5, 5.41) is -3.59. The SMILES string of the molecule is COC(=O)C(F)(F)SCCOC(C)=O. The molecule has 0 aliphatic carbocycles. The van der Waals surface area contributed by atoms with E-state index in [0.29, 0.717) is 0 Å². The van der Waals surface area contributed by atoms with Gasteiger partial charge < -0.3 is 9.47 Å². The lowest BCUT2D eigenvalue weighted by atomic mass is 10.7. The van der Waals surface area contributed by atoms with Crippen molar-refractivity contribution in [2.45, 2.75) is 12.2 Å². The van der Waals surface area contributed by atoms with E-state index < -0.39 is 17.2 Å². The van der Waals surface area contributed by atoms with Crippen LogP contribution in [0.15, 0.2) is 0 Å². The van der Waals surface area contributed by atoms with Crippen LogP contribution >= 0.6 is 11.8 Å². The quantitative estimate of drug-likeness (QED) is 0.520. The highest BCUT2D eigenvalue weighted by molar-refractivity contribution is 8.01. The number of ether oxygens (including phenoxy) is 2. The van der Waals surface area contributed by atoms with Crippen LogP contribution in [0.5, 0.6) is 0 Å². The fraction of sp³-hybridized carbons (Fsp3) is 0.714. The molecule has 0 fully saturated rings. The first-order chi connectivity index (χ1) is 6.40. The van der Waals surface area contributed by atoms with Gasteiger partial charge in [0.25, 0.3) is 0 Å². The lowest BCUT2D eigenvalue weighted by molar-refractivity contribution is -0.156. The van der Waals surface area contributed by atoms with Crippen LogP contribution in [0.25, 0.3) is 0 Å². The Morgan fingerprint density at radius 2 is 2.00 bits per heavy atom. The molecule has 82 valence electrons. The van der Waals surface area contributed by atoms with Gasteiger partial charge >= 0.3 is 17.2 Å². The minimum absolute atomic E-state index is 0.0683. The molecule has 0 atom stereocenters. The summed E-state index contributed by atoms with van der Waals surface area (Å²) in [5.74, 6) is -2.32. The largest absolute Gasteiger partial charge is 0.465 e. The minimum Gasteiger partial charge on any atom is -0.465 e. The van der Waals surface area contributed by atoms with Crippen molar-refractivity contribution in [1.82, 2.24) is 0 Å². The number of hydrogen-bond acceptors (Lipinski definition) is 5. The topological polar surface area (TPSA) is 52.6 Å². The summed E-state index contributed by atoms with van der Waals surface area (Å²) in [6, 6.07) is 0. The Bertz CT molecular complexity index is 220. The van der Waals surface area contributed by atoms with Crippen molar-refractivity contribution in [3.8, 4) is 0 Å². The Kier molecular flexibility index (Phi) is 5.44. The number of rotatable bonds is 5. The molecule has 0 spiro atoms. The lowest BCUT2D eigenvalue weighted by Crippen LogP contribution is -2.27. The van der Waals surface area contributed by atoms with E-state index in [1.165, 1.54) is 6.92 Å². The van der Waals surface area contributed by atoms with Crippen LogP contribution in [0.2, 0.25) is 0 Å². The van der Waals surface area contributed by atoms with Crippen molar-refractivity contribution >= 4 is 23.7 Å². The first kappa shape index (κ1) is 13.2. The maximum Gasteiger partial charge on any atom is 0.389 e. The zero-order chi connectivity index (χ0) is 11.2. The second-order valence-corrected chi connectivity index (χ2v) is 3.41. The van der Waals surface area contributed by atoms with Crippen LogP contribution in [0.3, 0.4) is 0 Å². The molecule has 0 heterocycles. The smallest absolute Gasteiger partial charge is 0.389 e.